The number of amides is 1. The van der Waals surface area contributed by atoms with Crippen molar-refractivity contribution in [3.63, 3.8) is 0 Å². The number of carbonyl (C=O) groups is 1. The molecule has 1 saturated heterocycles. The van der Waals surface area contributed by atoms with E-state index < -0.39 is 10.0 Å². The standard InChI is InChI=1S/C23H29ClFN3O3S/c1-4-28(5-2)32(30,31)18-10-11-21(24)20(16-18)23(29)27-14-12-26(13-15-27)17(3)19-8-6-7-9-22(19)25/h6-11,16-17H,4-5,12-15H2,1-3H3. The minimum absolute atomic E-state index is 0.0563. The Hall–Kier alpha value is -2.00. The summed E-state index contributed by atoms with van der Waals surface area (Å²) >= 11 is 6.28. The molecule has 0 aliphatic carbocycles. The summed E-state index contributed by atoms with van der Waals surface area (Å²) in [6, 6.07) is 10.9. The molecule has 32 heavy (non-hydrogen) atoms. The zero-order valence-corrected chi connectivity index (χ0v) is 20.2. The Labute approximate surface area is 194 Å². The van der Waals surface area contributed by atoms with E-state index in [9.17, 15) is 17.6 Å². The Bertz CT molecular complexity index is 1070. The first-order chi connectivity index (χ1) is 15.2. The van der Waals surface area contributed by atoms with Crippen molar-refractivity contribution in [2.75, 3.05) is 39.3 Å². The molecule has 1 aliphatic heterocycles. The van der Waals surface area contributed by atoms with Crippen LogP contribution in [0.5, 0.6) is 0 Å². The van der Waals surface area contributed by atoms with Crippen LogP contribution in [0, 0.1) is 5.82 Å². The van der Waals surface area contributed by atoms with Crippen molar-refractivity contribution < 1.29 is 17.6 Å². The second-order valence-electron chi connectivity index (χ2n) is 7.76. The molecule has 0 bridgehead atoms. The lowest BCUT2D eigenvalue weighted by Gasteiger charge is -2.38. The summed E-state index contributed by atoms with van der Waals surface area (Å²) in [4.78, 5) is 17.0. The molecule has 1 atom stereocenters. The highest BCUT2D eigenvalue weighted by Gasteiger charge is 2.29. The van der Waals surface area contributed by atoms with Gasteiger partial charge in [0.25, 0.3) is 5.91 Å². The molecule has 1 fully saturated rings. The van der Waals surface area contributed by atoms with E-state index in [1.54, 1.807) is 30.9 Å². The van der Waals surface area contributed by atoms with Gasteiger partial charge in [-0.2, -0.15) is 4.31 Å². The molecular weight excluding hydrogens is 453 g/mol. The van der Waals surface area contributed by atoms with E-state index in [2.05, 4.69) is 4.90 Å². The van der Waals surface area contributed by atoms with Gasteiger partial charge in [-0.15, -0.1) is 0 Å². The van der Waals surface area contributed by atoms with Crippen molar-refractivity contribution in [1.82, 2.24) is 14.1 Å². The monoisotopic (exact) mass is 481 g/mol. The largest absolute Gasteiger partial charge is 0.336 e. The number of hydrogen-bond acceptors (Lipinski definition) is 4. The second-order valence-corrected chi connectivity index (χ2v) is 10.1. The molecule has 3 rings (SSSR count). The zero-order valence-electron chi connectivity index (χ0n) is 18.6. The highest BCUT2D eigenvalue weighted by atomic mass is 35.5. The van der Waals surface area contributed by atoms with Gasteiger partial charge < -0.3 is 4.90 Å². The maximum absolute atomic E-state index is 14.1. The van der Waals surface area contributed by atoms with Crippen LogP contribution in [0.4, 0.5) is 4.39 Å². The van der Waals surface area contributed by atoms with Crippen LogP contribution in [0.1, 0.15) is 42.7 Å². The molecule has 1 amide bonds. The maximum Gasteiger partial charge on any atom is 0.255 e. The third-order valence-electron chi connectivity index (χ3n) is 6.02. The van der Waals surface area contributed by atoms with Crippen LogP contribution >= 0.6 is 11.6 Å². The van der Waals surface area contributed by atoms with Crippen LogP contribution in [0.15, 0.2) is 47.4 Å². The number of carbonyl (C=O) groups excluding carboxylic acids is 1. The van der Waals surface area contributed by atoms with E-state index in [4.69, 9.17) is 11.6 Å². The highest BCUT2D eigenvalue weighted by molar-refractivity contribution is 7.89. The number of benzene rings is 2. The van der Waals surface area contributed by atoms with Crippen LogP contribution in [0.25, 0.3) is 0 Å². The van der Waals surface area contributed by atoms with Gasteiger partial charge in [-0.1, -0.05) is 43.6 Å². The Balaban J connectivity index is 1.75. The van der Waals surface area contributed by atoms with Gasteiger partial charge in [-0.05, 0) is 31.2 Å². The average molecular weight is 482 g/mol. The molecule has 0 aromatic heterocycles. The molecule has 2 aromatic rings. The average Bonchev–Trinajstić information content (AvgIpc) is 2.79. The molecule has 1 heterocycles. The van der Waals surface area contributed by atoms with Gasteiger partial charge in [0.05, 0.1) is 15.5 Å². The predicted molar refractivity (Wildman–Crippen MR) is 124 cm³/mol. The van der Waals surface area contributed by atoms with E-state index in [1.807, 2.05) is 13.0 Å². The molecular formula is C23H29ClFN3O3S. The third kappa shape index (κ3) is 4.98. The minimum Gasteiger partial charge on any atom is -0.336 e. The molecule has 0 spiro atoms. The normalized spacial score (nSPS) is 16.4. The smallest absolute Gasteiger partial charge is 0.255 e. The van der Waals surface area contributed by atoms with Crippen molar-refractivity contribution in [3.8, 4) is 0 Å². The number of rotatable bonds is 7. The molecule has 1 aliphatic rings. The summed E-state index contributed by atoms with van der Waals surface area (Å²) in [5, 5.41) is 0.218. The molecule has 174 valence electrons. The van der Waals surface area contributed by atoms with Crippen LogP contribution < -0.4 is 0 Å². The summed E-state index contributed by atoms with van der Waals surface area (Å²) in [6.07, 6.45) is 0. The van der Waals surface area contributed by atoms with Gasteiger partial charge in [0.15, 0.2) is 0 Å². The third-order valence-corrected chi connectivity index (χ3v) is 8.39. The Morgan fingerprint density at radius 1 is 1.09 bits per heavy atom. The van der Waals surface area contributed by atoms with Crippen molar-refractivity contribution in [3.05, 3.63) is 64.4 Å². The Kier molecular flexibility index (Phi) is 7.92. The lowest BCUT2D eigenvalue weighted by molar-refractivity contribution is 0.0579. The second kappa shape index (κ2) is 10.3. The first-order valence-corrected chi connectivity index (χ1v) is 12.6. The van der Waals surface area contributed by atoms with Gasteiger partial charge in [0.2, 0.25) is 10.0 Å². The zero-order chi connectivity index (χ0) is 23.5. The van der Waals surface area contributed by atoms with Crippen molar-refractivity contribution >= 4 is 27.5 Å². The lowest BCUT2D eigenvalue weighted by Crippen LogP contribution is -2.49. The van der Waals surface area contributed by atoms with Crippen molar-refractivity contribution in [2.45, 2.75) is 31.7 Å². The fourth-order valence-corrected chi connectivity index (χ4v) is 5.72. The fourth-order valence-electron chi connectivity index (χ4n) is 4.03. The summed E-state index contributed by atoms with van der Waals surface area (Å²) in [7, 11) is -3.70. The fraction of sp³-hybridized carbons (Fsp3) is 0.435. The lowest BCUT2D eigenvalue weighted by atomic mass is 10.1. The summed E-state index contributed by atoms with van der Waals surface area (Å²) < 4.78 is 41.2. The maximum atomic E-state index is 14.1. The SMILES string of the molecule is CCN(CC)S(=O)(=O)c1ccc(Cl)c(C(=O)N2CCN(C(C)c3ccccc3F)CC2)c1. The quantitative estimate of drug-likeness (QED) is 0.599. The van der Waals surface area contributed by atoms with Crippen molar-refractivity contribution in [2.24, 2.45) is 0 Å². The molecule has 0 radical (unpaired) electrons. The van der Waals surface area contributed by atoms with E-state index in [1.165, 1.54) is 28.6 Å². The van der Waals surface area contributed by atoms with Crippen LogP contribution in [0.2, 0.25) is 5.02 Å². The van der Waals surface area contributed by atoms with E-state index in [0.29, 0.717) is 44.8 Å². The Morgan fingerprint density at radius 3 is 2.31 bits per heavy atom. The van der Waals surface area contributed by atoms with E-state index in [-0.39, 0.29) is 33.2 Å². The van der Waals surface area contributed by atoms with Gasteiger partial charge in [0, 0.05) is 50.9 Å². The molecule has 0 N–H and O–H groups in total. The molecule has 6 nitrogen and oxygen atoms in total. The highest BCUT2D eigenvalue weighted by Crippen LogP contribution is 2.27. The van der Waals surface area contributed by atoms with Gasteiger partial charge >= 0.3 is 0 Å². The van der Waals surface area contributed by atoms with Crippen LogP contribution in [-0.2, 0) is 10.0 Å². The number of nitrogens with zero attached hydrogens (tertiary/aromatic N) is 3. The van der Waals surface area contributed by atoms with Crippen molar-refractivity contribution in [1.29, 1.82) is 0 Å². The van der Waals surface area contributed by atoms with Gasteiger partial charge in [-0.25, -0.2) is 12.8 Å². The van der Waals surface area contributed by atoms with E-state index in [0.717, 1.165) is 0 Å². The summed E-state index contributed by atoms with van der Waals surface area (Å²) in [6.45, 7) is 8.22. The summed E-state index contributed by atoms with van der Waals surface area (Å²) in [5.74, 6) is -0.540. The molecule has 0 saturated carbocycles. The molecule has 1 unspecified atom stereocenters. The number of hydrogen-bond donors (Lipinski definition) is 0. The van der Waals surface area contributed by atoms with Gasteiger partial charge in [0.1, 0.15) is 5.82 Å². The van der Waals surface area contributed by atoms with Crippen LogP contribution in [0.3, 0.4) is 0 Å². The minimum atomic E-state index is -3.70. The molecule has 9 heteroatoms. The topological polar surface area (TPSA) is 60.9 Å². The van der Waals surface area contributed by atoms with E-state index >= 15 is 0 Å². The first-order valence-electron chi connectivity index (χ1n) is 10.8. The number of sulfonamides is 1. The van der Waals surface area contributed by atoms with Gasteiger partial charge in [-0.3, -0.25) is 9.69 Å². The van der Waals surface area contributed by atoms with Crippen LogP contribution in [-0.4, -0.2) is 67.7 Å². The predicted octanol–water partition coefficient (Wildman–Crippen LogP) is 4.03. The summed E-state index contributed by atoms with van der Waals surface area (Å²) in [5.41, 5.74) is 0.806. The first kappa shape index (κ1) is 24.6. The number of piperazine rings is 1. The Morgan fingerprint density at radius 2 is 1.72 bits per heavy atom. The number of halogens is 2. The molecule has 2 aromatic carbocycles.